The van der Waals surface area contributed by atoms with Gasteiger partial charge >= 0.3 is 24.0 Å². The van der Waals surface area contributed by atoms with E-state index in [9.17, 15) is 75.0 Å². The zero-order valence-electron chi connectivity index (χ0n) is 46.3. The standard InChI is InChI=1S/C43H53NO14.C12H22O11.Fe/c1-22-26(55-37(51)32(48)30(24-15-11-9-12-16-24)44-38(52)58-39(3,4)5)20-43(53)35(56-36(50)25-17-13-10-14-18-25)33-41(8,34(49)31(47)29(22)40(43,6)7)27(46)19-28-42(33,21-54-28)57-23(2)45;13-1-4-6(16)8(18)9(19)11(21-4)23-12(3-15)10(20)7(17)5(2-14)22-12;/h9-18,26-28,30-33,35,46-48,53H,19-21H2,1-8H3,(H,44,52);4-11,13-20H,1-3H2;/t26-,27-,28+,30-,31+,32?,33-,35-,41+,42-,43+;4-,5-,6-,7-,8+,9-,10+,11-,12+;/m01./s1. The van der Waals surface area contributed by atoms with E-state index in [0.29, 0.717) is 5.56 Å². The molecule has 13 N–H and O–H groups in total. The van der Waals surface area contributed by atoms with Gasteiger partial charge in [0.15, 0.2) is 23.8 Å². The van der Waals surface area contributed by atoms with E-state index in [0.717, 1.165) is 6.92 Å². The van der Waals surface area contributed by atoms with Gasteiger partial charge in [0.25, 0.3) is 0 Å². The van der Waals surface area contributed by atoms with E-state index < -0.39 is 187 Å². The minimum absolute atomic E-state index is 0. The predicted molar refractivity (Wildman–Crippen MR) is 272 cm³/mol. The number of hydrogen-bond acceptors (Lipinski definition) is 25. The summed E-state index contributed by atoms with van der Waals surface area (Å²) in [7, 11) is 0. The van der Waals surface area contributed by atoms with Crippen LogP contribution < -0.4 is 5.32 Å². The fourth-order valence-corrected chi connectivity index (χ4v) is 12.2. The van der Waals surface area contributed by atoms with Crippen LogP contribution in [0.4, 0.5) is 4.79 Å². The van der Waals surface area contributed by atoms with Crippen LogP contribution in [0.5, 0.6) is 0 Å². The van der Waals surface area contributed by atoms with Crippen molar-refractivity contribution in [2.75, 3.05) is 26.4 Å². The summed E-state index contributed by atoms with van der Waals surface area (Å²) in [4.78, 5) is 68.9. The first kappa shape index (κ1) is 66.5. The Kier molecular flexibility index (Phi) is 20.4. The number of carbonyl (C=O) groups excluding carboxylic acids is 5. The number of alkyl carbamates (subject to hydrolysis) is 1. The molecule has 2 bridgehead atoms. The van der Waals surface area contributed by atoms with E-state index in [4.69, 9.17) is 48.1 Å². The van der Waals surface area contributed by atoms with E-state index in [1.54, 1.807) is 83.1 Å². The van der Waals surface area contributed by atoms with Gasteiger partial charge in [0, 0.05) is 42.2 Å². The number of ketones is 1. The maximum atomic E-state index is 14.9. The summed E-state index contributed by atoms with van der Waals surface area (Å²) in [5.41, 5.74) is -8.14. The quantitative estimate of drug-likeness (QED) is 0.0441. The molecule has 2 aromatic carbocycles. The molecule has 5 fully saturated rings. The molecule has 3 heterocycles. The number of hydrogen-bond donors (Lipinski definition) is 13. The second-order valence-electron chi connectivity index (χ2n) is 23.1. The maximum absolute atomic E-state index is 14.9. The first-order valence-corrected chi connectivity index (χ1v) is 26.4. The van der Waals surface area contributed by atoms with Gasteiger partial charge in [-0.3, -0.25) is 9.59 Å². The van der Waals surface area contributed by atoms with E-state index in [-0.39, 0.29) is 46.8 Å². The Morgan fingerprint density at radius 3 is 1.95 bits per heavy atom. The van der Waals surface area contributed by atoms with Crippen LogP contribution >= 0.6 is 0 Å². The zero-order chi connectivity index (χ0) is 60.1. The number of fused-ring (bicyclic) bond motifs is 5. The van der Waals surface area contributed by atoms with Crippen LogP contribution in [-0.2, 0) is 69.3 Å². The van der Waals surface area contributed by atoms with Crippen molar-refractivity contribution < 1.29 is 140 Å². The largest absolute Gasteiger partial charge is 0.456 e. The molecular formula is C55H75FeNO25. The van der Waals surface area contributed by atoms with E-state index in [1.807, 2.05) is 0 Å². The summed E-state index contributed by atoms with van der Waals surface area (Å²) < 4.78 is 45.0. The minimum Gasteiger partial charge on any atom is -0.456 e. The van der Waals surface area contributed by atoms with Gasteiger partial charge in [-0.2, -0.15) is 0 Å². The monoisotopic (exact) mass is 1210 g/mol. The number of nitrogens with one attached hydrogen (secondary N) is 1. The fraction of sp³-hybridized carbons (Fsp3) is 0.655. The molecule has 2 aromatic rings. The molecule has 0 aromatic heterocycles. The molecule has 26 nitrogen and oxygen atoms in total. The van der Waals surface area contributed by atoms with Crippen molar-refractivity contribution in [3.05, 3.63) is 82.9 Å². The number of aliphatic hydroxyl groups is 12. The topological polar surface area (TPSA) is 414 Å². The maximum Gasteiger partial charge on any atom is 0.408 e. The average Bonchev–Trinajstić information content (AvgIpc) is 1.14. The number of Topliss-reactive ketones (excluding diaryl/α,β-unsaturated/α-hetero) is 1. The summed E-state index contributed by atoms with van der Waals surface area (Å²) in [6.07, 6.45) is -24.1. The molecular weight excluding hydrogens is 1130 g/mol. The molecule has 2 saturated carbocycles. The van der Waals surface area contributed by atoms with Gasteiger partial charge < -0.3 is 104 Å². The molecule has 0 radical (unpaired) electrons. The van der Waals surface area contributed by atoms with E-state index in [1.165, 1.54) is 26.0 Å². The molecule has 3 aliphatic carbocycles. The van der Waals surface area contributed by atoms with Gasteiger partial charge in [0.1, 0.15) is 85.0 Å². The fourth-order valence-electron chi connectivity index (χ4n) is 12.2. The van der Waals surface area contributed by atoms with Crippen molar-refractivity contribution in [2.45, 2.75) is 183 Å². The Bertz CT molecular complexity index is 2640. The third-order valence-electron chi connectivity index (χ3n) is 16.6. The summed E-state index contributed by atoms with van der Waals surface area (Å²) in [5, 5.41) is 128. The smallest absolute Gasteiger partial charge is 0.408 e. The number of carbonyl (C=O) groups is 5. The molecule has 0 spiro atoms. The Morgan fingerprint density at radius 1 is 0.829 bits per heavy atom. The van der Waals surface area contributed by atoms with Crippen molar-refractivity contribution in [3.63, 3.8) is 0 Å². The van der Waals surface area contributed by atoms with Gasteiger partial charge in [-0.05, 0) is 63.5 Å². The summed E-state index contributed by atoms with van der Waals surface area (Å²) in [6.45, 7) is 9.47. The molecule has 1 amide bonds. The number of rotatable bonds is 13. The van der Waals surface area contributed by atoms with Gasteiger partial charge in [-0.15, -0.1) is 0 Å². The molecule has 27 heteroatoms. The van der Waals surface area contributed by atoms with Crippen molar-refractivity contribution >= 4 is 29.8 Å². The number of ether oxygens (including phenoxy) is 8. The number of amides is 1. The molecule has 3 saturated heterocycles. The van der Waals surface area contributed by atoms with Gasteiger partial charge in [-0.1, -0.05) is 62.4 Å². The Balaban J connectivity index is 0.000000377. The normalized spacial score (nSPS) is 38.2. The number of aliphatic hydroxyl groups excluding tert-OH is 11. The summed E-state index contributed by atoms with van der Waals surface area (Å²) in [5.74, 6) is -7.59. The van der Waals surface area contributed by atoms with Crippen LogP contribution in [0, 0.1) is 16.7 Å². The van der Waals surface area contributed by atoms with E-state index in [2.05, 4.69) is 5.32 Å². The molecule has 82 heavy (non-hydrogen) atoms. The van der Waals surface area contributed by atoms with Crippen molar-refractivity contribution in [1.82, 2.24) is 5.32 Å². The van der Waals surface area contributed by atoms with Crippen LogP contribution in [-0.4, -0.2) is 226 Å². The second-order valence-corrected chi connectivity index (χ2v) is 23.1. The molecule has 6 aliphatic rings. The third kappa shape index (κ3) is 12.0. The average molecular weight is 1210 g/mol. The van der Waals surface area contributed by atoms with Crippen LogP contribution in [0.25, 0.3) is 0 Å². The Labute approximate surface area is 482 Å². The van der Waals surface area contributed by atoms with Crippen LogP contribution in [0.3, 0.4) is 0 Å². The second kappa shape index (κ2) is 25.2. The first-order chi connectivity index (χ1) is 37.8. The zero-order valence-corrected chi connectivity index (χ0v) is 47.4. The van der Waals surface area contributed by atoms with Crippen LogP contribution in [0.15, 0.2) is 71.8 Å². The Hall–Kier alpha value is -4.59. The van der Waals surface area contributed by atoms with Gasteiger partial charge in [0.2, 0.25) is 5.79 Å². The molecule has 20 atom stereocenters. The SMILES string of the molecule is CC(=O)O[C@@]12CO[C@@H]1C[C@H](O)[C@@]1(C)C(=O)[C@H](O)C3=C(C)[C@@H](OC(=O)C(O)[C@@H](NC(=O)OC(C)(C)C)c4ccccc4)C[C@@](O)([C@@H](OC(=O)c4ccccc4)[C@H]21)C3(C)C.OC[C@H]1O[C@@](CO)(O[C@H]2O[C@H](CO)[C@@H](O)[C@H](O)[C@H]2O)[C@@H](O)[C@@H]1O.[Fe]. The number of benzene rings is 2. The Morgan fingerprint density at radius 2 is 1.43 bits per heavy atom. The van der Waals surface area contributed by atoms with Gasteiger partial charge in [0.05, 0.1) is 48.9 Å². The van der Waals surface area contributed by atoms with Crippen LogP contribution in [0.1, 0.15) is 90.2 Å². The molecule has 458 valence electrons. The molecule has 1 unspecified atom stereocenters. The predicted octanol–water partition coefficient (Wildman–Crippen LogP) is -2.14. The third-order valence-corrected chi connectivity index (χ3v) is 16.6. The molecule has 8 rings (SSSR count). The van der Waals surface area contributed by atoms with Crippen molar-refractivity contribution in [2.24, 2.45) is 16.7 Å². The minimum atomic E-state index is -2.35. The number of esters is 3. The summed E-state index contributed by atoms with van der Waals surface area (Å²) >= 11 is 0. The van der Waals surface area contributed by atoms with Crippen molar-refractivity contribution in [3.8, 4) is 0 Å². The first-order valence-electron chi connectivity index (χ1n) is 26.4. The van der Waals surface area contributed by atoms with Crippen molar-refractivity contribution in [1.29, 1.82) is 0 Å². The van der Waals surface area contributed by atoms with Crippen LogP contribution in [0.2, 0.25) is 0 Å². The van der Waals surface area contributed by atoms with E-state index >= 15 is 0 Å². The molecule has 3 aliphatic heterocycles. The van der Waals surface area contributed by atoms with Gasteiger partial charge in [-0.25, -0.2) is 14.4 Å². The summed E-state index contributed by atoms with van der Waals surface area (Å²) in [6, 6.07) is 14.6.